The van der Waals surface area contributed by atoms with Crippen LogP contribution in [0.25, 0.3) is 22.3 Å². The number of hydrogen-bond acceptors (Lipinski definition) is 3. The van der Waals surface area contributed by atoms with E-state index < -0.39 is 17.5 Å². The van der Waals surface area contributed by atoms with E-state index in [1.54, 1.807) is 0 Å². The van der Waals surface area contributed by atoms with E-state index in [0.717, 1.165) is 57.5 Å². The molecule has 8 heteroatoms. The third-order valence-electron chi connectivity index (χ3n) is 7.37. The van der Waals surface area contributed by atoms with Gasteiger partial charge in [-0.05, 0) is 49.5 Å². The Balaban J connectivity index is 1.32. The molecule has 1 saturated heterocycles. The van der Waals surface area contributed by atoms with Crippen molar-refractivity contribution in [2.45, 2.75) is 51.9 Å². The Kier molecular flexibility index (Phi) is 6.32. The molecular formula is C26H29F3N4O. The summed E-state index contributed by atoms with van der Waals surface area (Å²) in [5, 5.41) is 0.399. The molecule has 2 aliphatic rings. The van der Waals surface area contributed by atoms with E-state index >= 15 is 0 Å². The topological polar surface area (TPSA) is 61.9 Å². The van der Waals surface area contributed by atoms with E-state index in [-0.39, 0.29) is 29.1 Å². The second-order valence-corrected chi connectivity index (χ2v) is 10.0. The molecule has 0 aromatic carbocycles. The maximum atomic E-state index is 14.7. The summed E-state index contributed by atoms with van der Waals surface area (Å²) in [6.07, 6.45) is 8.36. The summed E-state index contributed by atoms with van der Waals surface area (Å²) in [5.41, 5.74) is 0.963. The molecule has 0 bridgehead atoms. The Morgan fingerprint density at radius 2 is 1.97 bits per heavy atom. The number of fused-ring (bicyclic) bond motifs is 1. The predicted octanol–water partition coefficient (Wildman–Crippen LogP) is 5.65. The average molecular weight is 471 g/mol. The zero-order chi connectivity index (χ0) is 23.8. The molecule has 2 fully saturated rings. The van der Waals surface area contributed by atoms with Crippen molar-refractivity contribution >= 4 is 16.9 Å². The van der Waals surface area contributed by atoms with Crippen LogP contribution in [-0.2, 0) is 11.2 Å². The van der Waals surface area contributed by atoms with Gasteiger partial charge in [0.25, 0.3) is 0 Å². The van der Waals surface area contributed by atoms with Crippen LogP contribution < -0.4 is 0 Å². The molecule has 1 saturated carbocycles. The van der Waals surface area contributed by atoms with Crippen LogP contribution in [0.5, 0.6) is 0 Å². The van der Waals surface area contributed by atoms with Gasteiger partial charge in [0.1, 0.15) is 23.0 Å². The number of carbonyl (C=O) groups is 1. The first-order valence-electron chi connectivity index (χ1n) is 12.1. The lowest BCUT2D eigenvalue weighted by Crippen LogP contribution is -2.31. The Hall–Kier alpha value is -2.90. The maximum Gasteiger partial charge on any atom is 0.222 e. The molecular weight excluding hydrogens is 441 g/mol. The fourth-order valence-electron chi connectivity index (χ4n) is 5.59. The number of H-pyrrole nitrogens is 1. The number of aromatic amines is 1. The van der Waals surface area contributed by atoms with Gasteiger partial charge in [0.05, 0.1) is 11.9 Å². The predicted molar refractivity (Wildman–Crippen MR) is 123 cm³/mol. The molecule has 3 atom stereocenters. The van der Waals surface area contributed by atoms with Gasteiger partial charge < -0.3 is 9.88 Å². The SMILES string of the molecule is C[C@H]1CCN(C(=O)C[C@@H]2CCC[C@H](Cc3nc(-c4c[nH]c5ncc(F)cc45)c(F)cc3F)C2)C1. The number of hydrogen-bond donors (Lipinski definition) is 1. The zero-order valence-corrected chi connectivity index (χ0v) is 19.3. The minimum absolute atomic E-state index is 0.0132. The van der Waals surface area contributed by atoms with Crippen LogP contribution in [-0.4, -0.2) is 38.8 Å². The van der Waals surface area contributed by atoms with Gasteiger partial charge in [0.2, 0.25) is 5.91 Å². The summed E-state index contributed by atoms with van der Waals surface area (Å²) in [4.78, 5) is 25.9. The number of nitrogens with one attached hydrogen (secondary N) is 1. The van der Waals surface area contributed by atoms with E-state index in [9.17, 15) is 18.0 Å². The number of rotatable bonds is 5. The molecule has 5 nitrogen and oxygen atoms in total. The summed E-state index contributed by atoms with van der Waals surface area (Å²) in [6.45, 7) is 3.86. The first kappa shape index (κ1) is 22.9. The van der Waals surface area contributed by atoms with Crippen LogP contribution in [0.1, 0.15) is 51.1 Å². The molecule has 34 heavy (non-hydrogen) atoms. The van der Waals surface area contributed by atoms with Crippen molar-refractivity contribution in [3.63, 3.8) is 0 Å². The summed E-state index contributed by atoms with van der Waals surface area (Å²) >= 11 is 0. The van der Waals surface area contributed by atoms with Crippen LogP contribution >= 0.6 is 0 Å². The Morgan fingerprint density at radius 3 is 2.76 bits per heavy atom. The van der Waals surface area contributed by atoms with Gasteiger partial charge in [-0.25, -0.2) is 23.1 Å². The lowest BCUT2D eigenvalue weighted by atomic mass is 9.77. The lowest BCUT2D eigenvalue weighted by Gasteiger charge is -2.30. The van der Waals surface area contributed by atoms with E-state index in [1.807, 2.05) is 4.90 Å². The highest BCUT2D eigenvalue weighted by Crippen LogP contribution is 2.35. The Bertz CT molecular complexity index is 1210. The molecule has 3 aromatic rings. The smallest absolute Gasteiger partial charge is 0.222 e. The molecule has 180 valence electrons. The highest BCUT2D eigenvalue weighted by Gasteiger charge is 2.29. The van der Waals surface area contributed by atoms with E-state index in [1.165, 1.54) is 12.3 Å². The molecule has 0 spiro atoms. The van der Waals surface area contributed by atoms with E-state index in [0.29, 0.717) is 35.4 Å². The van der Waals surface area contributed by atoms with Crippen molar-refractivity contribution in [2.75, 3.05) is 13.1 Å². The van der Waals surface area contributed by atoms with Gasteiger partial charge in [-0.1, -0.05) is 19.8 Å². The van der Waals surface area contributed by atoms with Gasteiger partial charge in [-0.2, -0.15) is 0 Å². The fourth-order valence-corrected chi connectivity index (χ4v) is 5.59. The van der Waals surface area contributed by atoms with Crippen molar-refractivity contribution in [1.82, 2.24) is 19.9 Å². The molecule has 3 aromatic heterocycles. The molecule has 1 amide bonds. The Morgan fingerprint density at radius 1 is 1.15 bits per heavy atom. The first-order valence-corrected chi connectivity index (χ1v) is 12.1. The zero-order valence-electron chi connectivity index (χ0n) is 19.3. The first-order chi connectivity index (χ1) is 16.4. The normalized spacial score (nSPS) is 23.1. The summed E-state index contributed by atoms with van der Waals surface area (Å²) < 4.78 is 43.1. The van der Waals surface area contributed by atoms with Gasteiger partial charge in [0.15, 0.2) is 5.82 Å². The third kappa shape index (κ3) is 4.68. The molecule has 1 aliphatic carbocycles. The van der Waals surface area contributed by atoms with Crippen LogP contribution in [0.3, 0.4) is 0 Å². The molecule has 4 heterocycles. The number of nitrogens with zero attached hydrogens (tertiary/aromatic N) is 3. The fraction of sp³-hybridized carbons (Fsp3) is 0.500. The molecule has 0 radical (unpaired) electrons. The standard InChI is InChI=1S/C26H29F3N4O/c1-15-5-6-33(14-15)24(34)9-17-4-2-3-16(7-17)8-23-21(28)11-22(29)25(32-23)20-13-31-26-19(20)10-18(27)12-30-26/h10-13,15-17H,2-9,14H2,1H3,(H,30,31)/t15-,16-,17+/m0/s1. The number of likely N-dealkylation sites (tertiary alicyclic amines) is 1. The van der Waals surface area contributed by atoms with Crippen LogP contribution in [0.4, 0.5) is 13.2 Å². The highest BCUT2D eigenvalue weighted by molar-refractivity contribution is 5.92. The summed E-state index contributed by atoms with van der Waals surface area (Å²) in [5.74, 6) is -0.743. The maximum absolute atomic E-state index is 14.7. The van der Waals surface area contributed by atoms with Crippen LogP contribution in [0.15, 0.2) is 24.5 Å². The number of halogens is 3. The monoisotopic (exact) mass is 470 g/mol. The number of aromatic nitrogens is 3. The molecule has 1 N–H and O–H groups in total. The number of carbonyl (C=O) groups excluding carboxylic acids is 1. The van der Waals surface area contributed by atoms with Gasteiger partial charge in [0, 0.05) is 42.7 Å². The second kappa shape index (κ2) is 9.39. The number of pyridine rings is 2. The Labute approximate surface area is 196 Å². The summed E-state index contributed by atoms with van der Waals surface area (Å²) in [6, 6.07) is 2.13. The van der Waals surface area contributed by atoms with Crippen LogP contribution in [0, 0.1) is 35.2 Å². The number of amides is 1. The van der Waals surface area contributed by atoms with Crippen molar-refractivity contribution in [2.24, 2.45) is 17.8 Å². The van der Waals surface area contributed by atoms with Crippen LogP contribution in [0.2, 0.25) is 0 Å². The van der Waals surface area contributed by atoms with E-state index in [2.05, 4.69) is 21.9 Å². The van der Waals surface area contributed by atoms with Crippen molar-refractivity contribution < 1.29 is 18.0 Å². The quantitative estimate of drug-likeness (QED) is 0.524. The minimum atomic E-state index is -0.793. The molecule has 1 aliphatic heterocycles. The lowest BCUT2D eigenvalue weighted by molar-refractivity contribution is -0.131. The molecule has 5 rings (SSSR count). The highest BCUT2D eigenvalue weighted by atomic mass is 19.1. The largest absolute Gasteiger partial charge is 0.345 e. The second-order valence-electron chi connectivity index (χ2n) is 10.0. The van der Waals surface area contributed by atoms with Crippen molar-refractivity contribution in [1.29, 1.82) is 0 Å². The van der Waals surface area contributed by atoms with Gasteiger partial charge >= 0.3 is 0 Å². The van der Waals surface area contributed by atoms with Gasteiger partial charge in [-0.15, -0.1) is 0 Å². The van der Waals surface area contributed by atoms with Crippen molar-refractivity contribution in [3.8, 4) is 11.3 Å². The third-order valence-corrected chi connectivity index (χ3v) is 7.37. The minimum Gasteiger partial charge on any atom is -0.345 e. The summed E-state index contributed by atoms with van der Waals surface area (Å²) in [7, 11) is 0. The van der Waals surface area contributed by atoms with Crippen molar-refractivity contribution in [3.05, 3.63) is 47.7 Å². The molecule has 0 unspecified atom stereocenters. The van der Waals surface area contributed by atoms with Gasteiger partial charge in [-0.3, -0.25) is 4.79 Å². The average Bonchev–Trinajstić information content (AvgIpc) is 3.42. The van der Waals surface area contributed by atoms with E-state index in [4.69, 9.17) is 0 Å².